The molecule has 0 heterocycles. The van der Waals surface area contributed by atoms with Gasteiger partial charge in [-0.2, -0.15) is 0 Å². The molecule has 5 heteroatoms. The Balaban J connectivity index is 1.55. The van der Waals surface area contributed by atoms with E-state index in [4.69, 9.17) is 32.2 Å². The van der Waals surface area contributed by atoms with Gasteiger partial charge in [0.05, 0.1) is 0 Å². The van der Waals surface area contributed by atoms with Gasteiger partial charge in [-0.1, -0.05) is 71.8 Å². The van der Waals surface area contributed by atoms with Gasteiger partial charge in [0.25, 0.3) is 9.03 Å². The summed E-state index contributed by atoms with van der Waals surface area (Å²) >= 11 is 12.1. The van der Waals surface area contributed by atoms with Crippen molar-refractivity contribution in [2.75, 3.05) is 0 Å². The van der Waals surface area contributed by atoms with Gasteiger partial charge in [0.1, 0.15) is 11.5 Å². The van der Waals surface area contributed by atoms with E-state index >= 15 is 0 Å². The van der Waals surface area contributed by atoms with Crippen molar-refractivity contribution in [1.82, 2.24) is 0 Å². The molecule has 0 bridgehead atoms. The fraction of sp³-hybridized carbons (Fsp3) is 0. The van der Waals surface area contributed by atoms with Crippen molar-refractivity contribution in [3.05, 3.63) is 94.0 Å². The lowest BCUT2D eigenvalue weighted by atomic mass is 10.1. The maximum absolute atomic E-state index is 6.16. The van der Waals surface area contributed by atoms with Gasteiger partial charge in [-0.3, -0.25) is 0 Å². The highest BCUT2D eigenvalue weighted by atomic mass is 35.5. The molecule has 3 rings (SSSR count). The molecule has 0 spiro atoms. The summed E-state index contributed by atoms with van der Waals surface area (Å²) in [6.07, 6.45) is 3.94. The van der Waals surface area contributed by atoms with Gasteiger partial charge in [-0.15, -0.1) is 0 Å². The van der Waals surface area contributed by atoms with E-state index in [-0.39, 0.29) is 9.03 Å². The zero-order valence-electron chi connectivity index (χ0n) is 13.2. The first-order valence-electron chi connectivity index (χ1n) is 7.58. The molecule has 3 aromatic carbocycles. The van der Waals surface area contributed by atoms with Gasteiger partial charge in [-0.25, -0.2) is 0 Å². The van der Waals surface area contributed by atoms with Crippen LogP contribution in [-0.2, 0) is 0 Å². The van der Waals surface area contributed by atoms with E-state index in [1.54, 1.807) is 6.07 Å². The molecule has 0 aliphatic carbocycles. The van der Waals surface area contributed by atoms with Gasteiger partial charge in [0, 0.05) is 10.0 Å². The first-order valence-corrected chi connectivity index (χ1v) is 9.15. The van der Waals surface area contributed by atoms with Gasteiger partial charge in [0.2, 0.25) is 0 Å². The summed E-state index contributed by atoms with van der Waals surface area (Å²) < 4.78 is 11.1. The first-order chi connectivity index (χ1) is 12.2. The van der Waals surface area contributed by atoms with Crippen molar-refractivity contribution < 1.29 is 9.05 Å². The topological polar surface area (TPSA) is 18.5 Å². The van der Waals surface area contributed by atoms with E-state index in [2.05, 4.69) is 0 Å². The van der Waals surface area contributed by atoms with Crippen LogP contribution in [0.1, 0.15) is 11.1 Å². The van der Waals surface area contributed by atoms with E-state index in [9.17, 15) is 0 Å². The molecular formula is C20H15Cl2O2P. The molecule has 2 nitrogen and oxygen atoms in total. The van der Waals surface area contributed by atoms with Gasteiger partial charge in [-0.05, 0) is 47.5 Å². The number of halogens is 2. The summed E-state index contributed by atoms with van der Waals surface area (Å²) in [5.74, 6) is 1.55. The lowest BCUT2D eigenvalue weighted by Gasteiger charge is -2.07. The highest BCUT2D eigenvalue weighted by molar-refractivity contribution is 7.27. The quantitative estimate of drug-likeness (QED) is 0.330. The van der Waals surface area contributed by atoms with Crippen LogP contribution in [0.5, 0.6) is 11.5 Å². The first kappa shape index (κ1) is 17.8. The Morgan fingerprint density at radius 1 is 0.720 bits per heavy atom. The van der Waals surface area contributed by atoms with Gasteiger partial charge >= 0.3 is 0 Å². The van der Waals surface area contributed by atoms with Gasteiger partial charge in [0.15, 0.2) is 0 Å². The Kier molecular flexibility index (Phi) is 6.36. The van der Waals surface area contributed by atoms with Crippen LogP contribution in [0.3, 0.4) is 0 Å². The number of hydrogen-bond donors (Lipinski definition) is 0. The maximum atomic E-state index is 6.16. The summed E-state index contributed by atoms with van der Waals surface area (Å²) in [6, 6.07) is 22.8. The SMILES string of the molecule is Clc1ccc(/C=C/c2ccc(OPOc3ccccc3)cc2)c(Cl)c1. The smallest absolute Gasteiger partial charge is 0.275 e. The van der Waals surface area contributed by atoms with Crippen LogP contribution in [-0.4, -0.2) is 0 Å². The highest BCUT2D eigenvalue weighted by Gasteiger charge is 1.99. The van der Waals surface area contributed by atoms with Crippen molar-refractivity contribution in [3.63, 3.8) is 0 Å². The molecule has 0 amide bonds. The molecule has 3 aromatic rings. The normalized spacial score (nSPS) is 11.3. The molecule has 0 N–H and O–H groups in total. The Morgan fingerprint density at radius 3 is 2.08 bits per heavy atom. The van der Waals surface area contributed by atoms with Crippen molar-refractivity contribution >= 4 is 44.4 Å². The maximum Gasteiger partial charge on any atom is 0.275 e. The number of benzene rings is 3. The summed E-state index contributed by atoms with van der Waals surface area (Å²) in [5.41, 5.74) is 1.97. The van der Waals surface area contributed by atoms with Crippen molar-refractivity contribution in [2.24, 2.45) is 0 Å². The second-order valence-corrected chi connectivity index (χ2v) is 6.59. The Hall–Kier alpha value is -1.99. The molecule has 0 radical (unpaired) electrons. The molecule has 126 valence electrons. The van der Waals surface area contributed by atoms with Crippen molar-refractivity contribution in [2.45, 2.75) is 0 Å². The summed E-state index contributed by atoms with van der Waals surface area (Å²) in [6.45, 7) is 0. The third-order valence-electron chi connectivity index (χ3n) is 3.36. The third kappa shape index (κ3) is 5.51. The largest absolute Gasteiger partial charge is 0.441 e. The summed E-state index contributed by atoms with van der Waals surface area (Å²) in [4.78, 5) is 0. The molecule has 0 saturated heterocycles. The van der Waals surface area contributed by atoms with Crippen LogP contribution in [0.25, 0.3) is 12.2 Å². The average Bonchev–Trinajstić information content (AvgIpc) is 2.63. The fourth-order valence-corrected chi connectivity index (χ4v) is 3.05. The summed E-state index contributed by atoms with van der Waals surface area (Å²) in [7, 11) is -0.0886. The minimum absolute atomic E-state index is 0.0886. The molecule has 0 aromatic heterocycles. The molecular weight excluding hydrogens is 374 g/mol. The monoisotopic (exact) mass is 388 g/mol. The second-order valence-electron chi connectivity index (χ2n) is 5.17. The lowest BCUT2D eigenvalue weighted by molar-refractivity contribution is 0.516. The van der Waals surface area contributed by atoms with Crippen LogP contribution in [0.4, 0.5) is 0 Å². The zero-order chi connectivity index (χ0) is 17.5. The van der Waals surface area contributed by atoms with E-state index in [0.29, 0.717) is 10.0 Å². The number of para-hydroxylation sites is 1. The van der Waals surface area contributed by atoms with E-state index < -0.39 is 0 Å². The minimum Gasteiger partial charge on any atom is -0.441 e. The molecule has 25 heavy (non-hydrogen) atoms. The predicted molar refractivity (Wildman–Crippen MR) is 108 cm³/mol. The highest BCUT2D eigenvalue weighted by Crippen LogP contribution is 2.26. The summed E-state index contributed by atoms with van der Waals surface area (Å²) in [5, 5.41) is 1.25. The molecule has 0 fully saturated rings. The van der Waals surface area contributed by atoms with Gasteiger partial charge < -0.3 is 9.05 Å². The number of rotatable bonds is 6. The van der Waals surface area contributed by atoms with E-state index in [1.165, 1.54) is 0 Å². The molecule has 1 atom stereocenters. The standard InChI is InChI=1S/C20H15Cl2O2P/c21-17-11-10-16(20(22)14-17)9-6-15-7-12-19(13-8-15)24-25-23-18-4-2-1-3-5-18/h1-14,25H/b9-6+. The van der Waals surface area contributed by atoms with Crippen LogP contribution in [0, 0.1) is 0 Å². The minimum atomic E-state index is -0.0886. The average molecular weight is 389 g/mol. The molecule has 0 saturated carbocycles. The van der Waals surface area contributed by atoms with Crippen LogP contribution >= 0.6 is 32.2 Å². The third-order valence-corrected chi connectivity index (χ3v) is 4.56. The van der Waals surface area contributed by atoms with Crippen molar-refractivity contribution in [3.8, 4) is 11.5 Å². The lowest BCUT2D eigenvalue weighted by Crippen LogP contribution is -1.85. The van der Waals surface area contributed by atoms with Crippen LogP contribution < -0.4 is 9.05 Å². The van der Waals surface area contributed by atoms with E-state index in [1.807, 2.05) is 78.9 Å². The predicted octanol–water partition coefficient (Wildman–Crippen LogP) is 7.13. The van der Waals surface area contributed by atoms with Crippen molar-refractivity contribution in [1.29, 1.82) is 0 Å². The van der Waals surface area contributed by atoms with E-state index in [0.717, 1.165) is 22.6 Å². The zero-order valence-corrected chi connectivity index (χ0v) is 15.7. The molecule has 0 aliphatic heterocycles. The van der Waals surface area contributed by atoms with Crippen LogP contribution in [0.2, 0.25) is 10.0 Å². The Labute approximate surface area is 159 Å². The second kappa shape index (κ2) is 8.92. The molecule has 1 unspecified atom stereocenters. The molecule has 0 aliphatic rings. The van der Waals surface area contributed by atoms with Crippen LogP contribution in [0.15, 0.2) is 72.8 Å². The Bertz CT molecular complexity index is 849. The number of hydrogen-bond acceptors (Lipinski definition) is 2. The Morgan fingerprint density at radius 2 is 1.40 bits per heavy atom. The fourth-order valence-electron chi connectivity index (χ4n) is 2.08.